The van der Waals surface area contributed by atoms with Crippen LogP contribution in [0.15, 0.2) is 22.2 Å². The number of imidazole rings is 1. The molecular weight excluding hydrogens is 400 g/mol. The standard InChI is InChI=1S/C21H26N6O2S/c1-3-8-25(9-4-2)12-16-23-24-20(29-16)17-18-14-6-5-10-26(14)21(28)19-15(7-11-30-19)27(18)13-22-17/h7,11,13-14H,3-6,8-10,12H2,1-2H3/t14-/m0/s1. The van der Waals surface area contributed by atoms with Crippen molar-refractivity contribution in [2.75, 3.05) is 19.6 Å². The molecule has 0 spiro atoms. The molecule has 30 heavy (non-hydrogen) atoms. The summed E-state index contributed by atoms with van der Waals surface area (Å²) >= 11 is 1.49. The minimum atomic E-state index is -0.0124. The Hall–Kier alpha value is -2.52. The number of hydrogen-bond donors (Lipinski definition) is 0. The second-order valence-electron chi connectivity index (χ2n) is 7.92. The molecule has 0 aromatic carbocycles. The van der Waals surface area contributed by atoms with E-state index in [4.69, 9.17) is 4.42 Å². The minimum absolute atomic E-state index is 0.0124. The van der Waals surface area contributed by atoms with Gasteiger partial charge in [-0.1, -0.05) is 13.8 Å². The predicted octanol–water partition coefficient (Wildman–Crippen LogP) is 3.90. The van der Waals surface area contributed by atoms with Crippen molar-refractivity contribution in [1.82, 2.24) is 29.5 Å². The first kappa shape index (κ1) is 19.4. The highest BCUT2D eigenvalue weighted by Crippen LogP contribution is 2.43. The lowest BCUT2D eigenvalue weighted by Gasteiger charge is -2.22. The van der Waals surface area contributed by atoms with Gasteiger partial charge in [0.2, 0.25) is 5.89 Å². The van der Waals surface area contributed by atoms with Crippen LogP contribution in [0.1, 0.15) is 66.8 Å². The van der Waals surface area contributed by atoms with Crippen molar-refractivity contribution < 1.29 is 9.21 Å². The molecule has 1 amide bonds. The van der Waals surface area contributed by atoms with Gasteiger partial charge >= 0.3 is 0 Å². The summed E-state index contributed by atoms with van der Waals surface area (Å²) in [7, 11) is 0. The summed E-state index contributed by atoms with van der Waals surface area (Å²) in [6.45, 7) is 7.78. The Labute approximate surface area is 179 Å². The molecule has 1 saturated heterocycles. The number of fused-ring (bicyclic) bond motifs is 5. The zero-order valence-electron chi connectivity index (χ0n) is 17.4. The summed E-state index contributed by atoms with van der Waals surface area (Å²) in [4.78, 5) is 22.8. The molecule has 0 aliphatic carbocycles. The van der Waals surface area contributed by atoms with Crippen molar-refractivity contribution in [2.45, 2.75) is 52.1 Å². The first-order valence-electron chi connectivity index (χ1n) is 10.7. The quantitative estimate of drug-likeness (QED) is 0.570. The van der Waals surface area contributed by atoms with Crippen molar-refractivity contribution in [1.29, 1.82) is 0 Å². The van der Waals surface area contributed by atoms with Crippen molar-refractivity contribution >= 4 is 17.2 Å². The van der Waals surface area contributed by atoms with E-state index in [-0.39, 0.29) is 11.9 Å². The van der Waals surface area contributed by atoms with E-state index in [1.54, 1.807) is 6.33 Å². The van der Waals surface area contributed by atoms with E-state index in [0.29, 0.717) is 24.0 Å². The Morgan fingerprint density at radius 1 is 1.27 bits per heavy atom. The zero-order valence-corrected chi connectivity index (χ0v) is 18.2. The summed E-state index contributed by atoms with van der Waals surface area (Å²) in [5.41, 5.74) is 2.56. The van der Waals surface area contributed by atoms with Crippen LogP contribution >= 0.6 is 11.3 Å². The van der Waals surface area contributed by atoms with E-state index in [0.717, 1.165) is 61.6 Å². The maximum Gasteiger partial charge on any atom is 0.268 e. The number of rotatable bonds is 7. The molecule has 2 aliphatic rings. The van der Waals surface area contributed by atoms with Gasteiger partial charge in [0, 0.05) is 6.54 Å². The lowest BCUT2D eigenvalue weighted by atomic mass is 10.1. The smallest absolute Gasteiger partial charge is 0.268 e. The third-order valence-corrected chi connectivity index (χ3v) is 6.73. The van der Waals surface area contributed by atoms with Crippen LogP contribution in [0.25, 0.3) is 17.3 Å². The summed E-state index contributed by atoms with van der Waals surface area (Å²) in [5.74, 6) is 1.15. The summed E-state index contributed by atoms with van der Waals surface area (Å²) < 4.78 is 8.10. The average molecular weight is 427 g/mol. The number of thiophene rings is 1. The molecule has 5 heterocycles. The maximum absolute atomic E-state index is 13.1. The van der Waals surface area contributed by atoms with Crippen LogP contribution in [-0.2, 0) is 6.54 Å². The van der Waals surface area contributed by atoms with Gasteiger partial charge in [-0.3, -0.25) is 14.3 Å². The molecule has 0 radical (unpaired) electrons. The van der Waals surface area contributed by atoms with Crippen molar-refractivity contribution in [3.63, 3.8) is 0 Å². The normalized spacial score (nSPS) is 17.9. The molecule has 1 fully saturated rings. The van der Waals surface area contributed by atoms with Gasteiger partial charge in [0.1, 0.15) is 11.2 Å². The third kappa shape index (κ3) is 3.16. The van der Waals surface area contributed by atoms with E-state index in [1.807, 2.05) is 20.9 Å². The molecule has 5 rings (SSSR count). The lowest BCUT2D eigenvalue weighted by molar-refractivity contribution is 0.0743. The molecule has 0 unspecified atom stereocenters. The second kappa shape index (κ2) is 7.96. The van der Waals surface area contributed by atoms with Gasteiger partial charge in [0.25, 0.3) is 11.8 Å². The number of amides is 1. The Balaban J connectivity index is 1.52. The molecule has 9 heteroatoms. The number of aromatic nitrogens is 4. The first-order chi connectivity index (χ1) is 14.7. The summed E-state index contributed by atoms with van der Waals surface area (Å²) in [6, 6.07) is 1.98. The second-order valence-corrected chi connectivity index (χ2v) is 8.83. The largest absolute Gasteiger partial charge is 0.418 e. The highest BCUT2D eigenvalue weighted by atomic mass is 32.1. The van der Waals surface area contributed by atoms with Crippen LogP contribution in [0.3, 0.4) is 0 Å². The van der Waals surface area contributed by atoms with Crippen LogP contribution in [0.5, 0.6) is 0 Å². The van der Waals surface area contributed by atoms with Gasteiger partial charge in [-0.2, -0.15) is 0 Å². The SMILES string of the molecule is CCCN(CCC)Cc1nnc(-c2ncn3c2[C@@H]2CCCN2C(=O)c2sccc2-3)o1. The first-order valence-corrected chi connectivity index (χ1v) is 11.6. The van der Waals surface area contributed by atoms with E-state index in [1.165, 1.54) is 11.3 Å². The van der Waals surface area contributed by atoms with Gasteiger partial charge in [0.15, 0.2) is 5.69 Å². The molecule has 0 bridgehead atoms. The van der Waals surface area contributed by atoms with E-state index < -0.39 is 0 Å². The molecule has 1 atom stereocenters. The Morgan fingerprint density at radius 3 is 2.90 bits per heavy atom. The topological polar surface area (TPSA) is 80.3 Å². The fourth-order valence-electron chi connectivity index (χ4n) is 4.62. The monoisotopic (exact) mass is 426 g/mol. The lowest BCUT2D eigenvalue weighted by Crippen LogP contribution is -2.29. The maximum atomic E-state index is 13.1. The number of carbonyl (C=O) groups is 1. The van der Waals surface area contributed by atoms with E-state index in [2.05, 4.69) is 33.9 Å². The van der Waals surface area contributed by atoms with Gasteiger partial charge in [0.05, 0.1) is 24.0 Å². The predicted molar refractivity (Wildman–Crippen MR) is 114 cm³/mol. The Bertz CT molecular complexity index is 1050. The summed E-state index contributed by atoms with van der Waals surface area (Å²) in [6.07, 6.45) is 5.87. The van der Waals surface area contributed by atoms with E-state index in [9.17, 15) is 4.79 Å². The molecule has 0 saturated carbocycles. The van der Waals surface area contributed by atoms with Crippen molar-refractivity contribution in [3.05, 3.63) is 34.2 Å². The molecule has 158 valence electrons. The van der Waals surface area contributed by atoms with E-state index >= 15 is 0 Å². The number of carbonyl (C=O) groups excluding carboxylic acids is 1. The van der Waals surface area contributed by atoms with Crippen molar-refractivity contribution in [3.8, 4) is 17.3 Å². The van der Waals surface area contributed by atoms with Crippen LogP contribution in [0.2, 0.25) is 0 Å². The fraction of sp³-hybridized carbons (Fsp3) is 0.524. The third-order valence-electron chi connectivity index (χ3n) is 5.84. The van der Waals surface area contributed by atoms with Gasteiger partial charge in [-0.15, -0.1) is 21.5 Å². The van der Waals surface area contributed by atoms with Crippen LogP contribution in [0.4, 0.5) is 0 Å². The van der Waals surface area contributed by atoms with Gasteiger partial charge in [-0.05, 0) is 50.2 Å². The van der Waals surface area contributed by atoms with Crippen LogP contribution < -0.4 is 0 Å². The van der Waals surface area contributed by atoms with Crippen LogP contribution in [-0.4, -0.2) is 55.1 Å². The molecule has 2 aliphatic heterocycles. The highest BCUT2D eigenvalue weighted by Gasteiger charge is 2.40. The van der Waals surface area contributed by atoms with Crippen LogP contribution in [0, 0.1) is 0 Å². The van der Waals surface area contributed by atoms with Gasteiger partial charge in [-0.25, -0.2) is 4.98 Å². The minimum Gasteiger partial charge on any atom is -0.418 e. The number of nitrogens with zero attached hydrogens (tertiary/aromatic N) is 6. The average Bonchev–Trinajstić information content (AvgIpc) is 3.51. The van der Waals surface area contributed by atoms with Crippen molar-refractivity contribution in [2.24, 2.45) is 0 Å². The molecule has 3 aromatic heterocycles. The summed E-state index contributed by atoms with van der Waals surface area (Å²) in [5, 5.41) is 10.6. The Morgan fingerprint density at radius 2 is 2.10 bits per heavy atom. The fourth-order valence-corrected chi connectivity index (χ4v) is 5.45. The Kier molecular flexibility index (Phi) is 5.16. The zero-order chi connectivity index (χ0) is 20.7. The molecule has 8 nitrogen and oxygen atoms in total. The van der Waals surface area contributed by atoms with Gasteiger partial charge < -0.3 is 9.32 Å². The number of hydrogen-bond acceptors (Lipinski definition) is 7. The molecular formula is C21H26N6O2S. The highest BCUT2D eigenvalue weighted by molar-refractivity contribution is 7.12. The molecule has 0 N–H and O–H groups in total. The molecule has 3 aromatic rings.